The molecule has 2 N–H and O–H groups in total. The number of H-pyrrole nitrogens is 1. The van der Waals surface area contributed by atoms with Crippen LogP contribution in [0.15, 0.2) is 6.33 Å². The van der Waals surface area contributed by atoms with Crippen LogP contribution in [0, 0.1) is 0 Å². The second-order valence-electron chi connectivity index (χ2n) is 4.79. The van der Waals surface area contributed by atoms with Gasteiger partial charge in [-0.05, 0) is 20.8 Å². The summed E-state index contributed by atoms with van der Waals surface area (Å²) in [5.74, 6) is 0.484. The Morgan fingerprint density at radius 3 is 2.63 bits per heavy atom. The van der Waals surface area contributed by atoms with E-state index in [2.05, 4.69) is 19.9 Å². The Morgan fingerprint density at radius 2 is 2.11 bits per heavy atom. The highest BCUT2D eigenvalue weighted by atomic mass is 32.2. The van der Waals surface area contributed by atoms with Crippen LogP contribution < -0.4 is 4.72 Å². The predicted molar refractivity (Wildman–Crippen MR) is 68.4 cm³/mol. The van der Waals surface area contributed by atoms with Crippen molar-refractivity contribution < 1.29 is 13.2 Å². The van der Waals surface area contributed by atoms with E-state index in [9.17, 15) is 8.42 Å². The first kappa shape index (κ1) is 14.4. The van der Waals surface area contributed by atoms with E-state index in [4.69, 9.17) is 4.74 Å². The Balaban J connectivity index is 2.05. The lowest BCUT2D eigenvalue weighted by molar-refractivity contribution is -0.0444. The Morgan fingerprint density at radius 1 is 1.47 bits per heavy atom. The molecule has 1 aromatic heterocycles. The standard InChI is InChI=1S/C10H19N5O3S/c1-7-4-15(5-8(2)18-7)19(16,17)14-9(3)10-11-6-12-13-10/h6-9,14H,4-5H2,1-3H3,(H,11,12,13). The highest BCUT2D eigenvalue weighted by Crippen LogP contribution is 2.15. The summed E-state index contributed by atoms with van der Waals surface area (Å²) in [6, 6.07) is -0.457. The summed E-state index contributed by atoms with van der Waals surface area (Å²) in [5.41, 5.74) is 0. The average molecular weight is 289 g/mol. The average Bonchev–Trinajstić information content (AvgIpc) is 2.80. The van der Waals surface area contributed by atoms with Crippen LogP contribution in [0.4, 0.5) is 0 Å². The van der Waals surface area contributed by atoms with Gasteiger partial charge in [-0.15, -0.1) is 0 Å². The van der Waals surface area contributed by atoms with Crippen molar-refractivity contribution in [2.75, 3.05) is 13.1 Å². The van der Waals surface area contributed by atoms with E-state index in [0.29, 0.717) is 18.9 Å². The molecule has 0 saturated carbocycles. The zero-order valence-corrected chi connectivity index (χ0v) is 12.0. The molecule has 1 aliphatic rings. The lowest BCUT2D eigenvalue weighted by Gasteiger charge is -2.34. The first-order chi connectivity index (χ1) is 8.88. The number of hydrogen-bond donors (Lipinski definition) is 2. The highest BCUT2D eigenvalue weighted by Gasteiger charge is 2.32. The van der Waals surface area contributed by atoms with E-state index in [0.717, 1.165) is 0 Å². The van der Waals surface area contributed by atoms with Crippen LogP contribution in [0.25, 0.3) is 0 Å². The topological polar surface area (TPSA) is 100 Å². The van der Waals surface area contributed by atoms with E-state index in [1.807, 2.05) is 13.8 Å². The molecule has 1 saturated heterocycles. The number of rotatable bonds is 4. The molecule has 0 aromatic carbocycles. The van der Waals surface area contributed by atoms with E-state index in [1.54, 1.807) is 6.92 Å². The smallest absolute Gasteiger partial charge is 0.280 e. The Kier molecular flexibility index (Phi) is 4.19. The molecule has 3 unspecified atom stereocenters. The summed E-state index contributed by atoms with van der Waals surface area (Å²) in [4.78, 5) is 3.94. The number of hydrogen-bond acceptors (Lipinski definition) is 5. The molecule has 0 radical (unpaired) electrons. The van der Waals surface area contributed by atoms with Crippen molar-refractivity contribution in [3.05, 3.63) is 12.2 Å². The van der Waals surface area contributed by atoms with Gasteiger partial charge in [0.05, 0.1) is 18.2 Å². The fourth-order valence-corrected chi connectivity index (χ4v) is 3.62. The minimum Gasteiger partial charge on any atom is -0.373 e. The molecule has 19 heavy (non-hydrogen) atoms. The maximum atomic E-state index is 12.3. The zero-order valence-electron chi connectivity index (χ0n) is 11.2. The summed E-state index contributed by atoms with van der Waals surface area (Å²) in [5, 5.41) is 6.35. The Labute approximate surface area is 112 Å². The molecular formula is C10H19N5O3S. The number of aromatic amines is 1. The lowest BCUT2D eigenvalue weighted by atomic mass is 10.3. The van der Waals surface area contributed by atoms with Gasteiger partial charge in [-0.3, -0.25) is 5.10 Å². The second-order valence-corrected chi connectivity index (χ2v) is 6.49. The number of nitrogens with zero attached hydrogens (tertiary/aromatic N) is 3. The third-order valence-corrected chi connectivity index (χ3v) is 4.52. The first-order valence-electron chi connectivity index (χ1n) is 6.16. The van der Waals surface area contributed by atoms with Gasteiger partial charge in [0.1, 0.15) is 12.2 Å². The normalized spacial score (nSPS) is 27.3. The molecule has 1 aromatic rings. The molecule has 8 nitrogen and oxygen atoms in total. The largest absolute Gasteiger partial charge is 0.373 e. The summed E-state index contributed by atoms with van der Waals surface area (Å²) >= 11 is 0. The van der Waals surface area contributed by atoms with E-state index >= 15 is 0 Å². The van der Waals surface area contributed by atoms with Gasteiger partial charge in [0.25, 0.3) is 10.2 Å². The molecule has 9 heteroatoms. The highest BCUT2D eigenvalue weighted by molar-refractivity contribution is 7.87. The van der Waals surface area contributed by atoms with Crippen LogP contribution in [0.3, 0.4) is 0 Å². The molecule has 2 rings (SSSR count). The monoisotopic (exact) mass is 289 g/mol. The summed E-state index contributed by atoms with van der Waals surface area (Å²) in [6.45, 7) is 6.13. The van der Waals surface area contributed by atoms with Gasteiger partial charge in [0.15, 0.2) is 0 Å². The van der Waals surface area contributed by atoms with Gasteiger partial charge in [-0.25, -0.2) is 4.98 Å². The SMILES string of the molecule is CC1CN(S(=O)(=O)NC(C)c2ncn[nH]2)CC(C)O1. The third-order valence-electron chi connectivity index (χ3n) is 2.90. The number of aromatic nitrogens is 3. The van der Waals surface area contributed by atoms with Gasteiger partial charge in [0, 0.05) is 13.1 Å². The predicted octanol–water partition coefficient (Wildman–Crippen LogP) is -0.191. The van der Waals surface area contributed by atoms with E-state index < -0.39 is 16.3 Å². The van der Waals surface area contributed by atoms with Gasteiger partial charge in [0.2, 0.25) is 0 Å². The van der Waals surface area contributed by atoms with E-state index in [-0.39, 0.29) is 12.2 Å². The van der Waals surface area contributed by atoms with Crippen molar-refractivity contribution in [2.24, 2.45) is 0 Å². The summed E-state index contributed by atoms with van der Waals surface area (Å²) in [6.07, 6.45) is 1.13. The van der Waals surface area contributed by atoms with Gasteiger partial charge in [-0.1, -0.05) is 0 Å². The van der Waals surface area contributed by atoms with E-state index in [1.165, 1.54) is 10.6 Å². The third kappa shape index (κ3) is 3.50. The minimum absolute atomic E-state index is 0.110. The Hall–Kier alpha value is -1.03. The van der Waals surface area contributed by atoms with Crippen LogP contribution in [0.1, 0.15) is 32.6 Å². The fourth-order valence-electron chi connectivity index (χ4n) is 2.10. The molecule has 1 fully saturated rings. The van der Waals surface area contributed by atoms with Crippen molar-refractivity contribution in [3.63, 3.8) is 0 Å². The maximum Gasteiger partial charge on any atom is 0.280 e. The van der Waals surface area contributed by atoms with Crippen molar-refractivity contribution in [3.8, 4) is 0 Å². The number of nitrogens with one attached hydrogen (secondary N) is 2. The van der Waals surface area contributed by atoms with Crippen molar-refractivity contribution in [1.82, 2.24) is 24.2 Å². The molecule has 1 aliphatic heterocycles. The van der Waals surface area contributed by atoms with Crippen LogP contribution in [-0.4, -0.2) is 53.2 Å². The minimum atomic E-state index is -3.56. The molecule has 3 atom stereocenters. The van der Waals surface area contributed by atoms with Crippen molar-refractivity contribution in [1.29, 1.82) is 0 Å². The van der Waals surface area contributed by atoms with Crippen LogP contribution in [0.5, 0.6) is 0 Å². The Bertz CT molecular complexity index is 493. The maximum absolute atomic E-state index is 12.3. The van der Waals surface area contributed by atoms with Crippen LogP contribution in [-0.2, 0) is 14.9 Å². The van der Waals surface area contributed by atoms with Crippen molar-refractivity contribution in [2.45, 2.75) is 39.0 Å². The zero-order chi connectivity index (χ0) is 14.0. The van der Waals surface area contributed by atoms with Crippen LogP contribution in [0.2, 0.25) is 0 Å². The molecule has 108 valence electrons. The van der Waals surface area contributed by atoms with Gasteiger partial charge >= 0.3 is 0 Å². The lowest BCUT2D eigenvalue weighted by Crippen LogP contribution is -2.52. The summed E-state index contributed by atoms with van der Waals surface area (Å²) < 4.78 is 34.1. The number of morpholine rings is 1. The van der Waals surface area contributed by atoms with Crippen molar-refractivity contribution >= 4 is 10.2 Å². The molecule has 2 heterocycles. The first-order valence-corrected chi connectivity index (χ1v) is 7.60. The fraction of sp³-hybridized carbons (Fsp3) is 0.800. The van der Waals surface area contributed by atoms with Crippen LogP contribution >= 0.6 is 0 Å². The molecule has 0 bridgehead atoms. The summed E-state index contributed by atoms with van der Waals surface area (Å²) in [7, 11) is -3.56. The molecule has 0 aliphatic carbocycles. The molecule has 0 amide bonds. The quantitative estimate of drug-likeness (QED) is 0.800. The molecular weight excluding hydrogens is 270 g/mol. The van der Waals surface area contributed by atoms with Gasteiger partial charge < -0.3 is 4.74 Å². The second kappa shape index (κ2) is 5.53. The molecule has 0 spiro atoms. The van der Waals surface area contributed by atoms with Gasteiger partial charge in [-0.2, -0.15) is 22.5 Å². The number of ether oxygens (including phenoxy) is 1.